The fourth-order valence-corrected chi connectivity index (χ4v) is 3.31. The van der Waals surface area contributed by atoms with Crippen LogP contribution in [0.3, 0.4) is 0 Å². The van der Waals surface area contributed by atoms with Crippen molar-refractivity contribution in [2.75, 3.05) is 13.6 Å². The van der Waals surface area contributed by atoms with Crippen LogP contribution in [0.25, 0.3) is 0 Å². The number of ether oxygens (including phenoxy) is 1. The number of nitrogens with one attached hydrogen (secondary N) is 1. The van der Waals surface area contributed by atoms with Crippen LogP contribution >= 0.6 is 0 Å². The van der Waals surface area contributed by atoms with Crippen LogP contribution in [0.5, 0.6) is 0 Å². The van der Waals surface area contributed by atoms with Crippen LogP contribution in [0.4, 0.5) is 0 Å². The van der Waals surface area contributed by atoms with Crippen molar-refractivity contribution in [3.63, 3.8) is 0 Å². The number of likely N-dealkylation sites (N-methyl/N-ethyl adjacent to an activating group) is 1. The number of hydrogen-bond donors (Lipinski definition) is 2. The first-order valence-corrected chi connectivity index (χ1v) is 8.88. The van der Waals surface area contributed by atoms with Crippen molar-refractivity contribution < 1.29 is 9.84 Å². The van der Waals surface area contributed by atoms with E-state index in [1.54, 1.807) is 0 Å². The Hall–Kier alpha value is -2.22. The van der Waals surface area contributed by atoms with Crippen LogP contribution in [-0.4, -0.2) is 45.4 Å². The van der Waals surface area contributed by atoms with Gasteiger partial charge in [-0.3, -0.25) is 19.2 Å². The zero-order chi connectivity index (χ0) is 18.7. The van der Waals surface area contributed by atoms with Gasteiger partial charge in [-0.15, -0.1) is 0 Å². The first kappa shape index (κ1) is 18.6. The Morgan fingerprint density at radius 2 is 2.04 bits per heavy atom. The summed E-state index contributed by atoms with van der Waals surface area (Å²) in [5.74, 6) is 0. The predicted octanol–water partition coefficient (Wildman–Crippen LogP) is 0.879. The standard InChI is InChI=1S/C19H25N3O4/c1-3-14-11-22(19(25)20-18(14)24)17-9-15(23)16(26-17)12-21(2)10-13-7-5-4-6-8-13/h4-8,11,15-17,23H,3,9-10,12H2,1-2H3,(H,20,24,25)/t15?,16-,17-/m0/s1. The van der Waals surface area contributed by atoms with Crippen LogP contribution < -0.4 is 11.2 Å². The Morgan fingerprint density at radius 1 is 1.31 bits per heavy atom. The van der Waals surface area contributed by atoms with Crippen LogP contribution in [-0.2, 0) is 17.7 Å². The number of aliphatic hydroxyl groups is 1. The number of aromatic nitrogens is 2. The highest BCUT2D eigenvalue weighted by molar-refractivity contribution is 5.14. The van der Waals surface area contributed by atoms with E-state index in [-0.39, 0.29) is 5.56 Å². The highest BCUT2D eigenvalue weighted by atomic mass is 16.5. The molecule has 2 aromatic rings. The minimum absolute atomic E-state index is 0.318. The van der Waals surface area contributed by atoms with Crippen molar-refractivity contribution in [1.82, 2.24) is 14.5 Å². The molecule has 26 heavy (non-hydrogen) atoms. The molecule has 7 heteroatoms. The zero-order valence-corrected chi connectivity index (χ0v) is 15.1. The number of hydrogen-bond acceptors (Lipinski definition) is 5. The molecule has 1 aromatic heterocycles. The second-order valence-corrected chi connectivity index (χ2v) is 6.79. The summed E-state index contributed by atoms with van der Waals surface area (Å²) in [7, 11) is 1.97. The number of benzene rings is 1. The summed E-state index contributed by atoms with van der Waals surface area (Å²) in [6, 6.07) is 10.1. The van der Waals surface area contributed by atoms with Gasteiger partial charge in [-0.2, -0.15) is 0 Å². The molecule has 2 N–H and O–H groups in total. The SMILES string of the molecule is CCc1cn([C@@H]2CC(O)[C@H](CN(C)Cc3ccccc3)O2)c(=O)[nH]c1=O. The van der Waals surface area contributed by atoms with E-state index in [0.29, 0.717) is 24.9 Å². The number of nitrogens with zero attached hydrogens (tertiary/aromatic N) is 2. The van der Waals surface area contributed by atoms with Gasteiger partial charge in [0.15, 0.2) is 0 Å². The van der Waals surface area contributed by atoms with E-state index in [0.717, 1.165) is 6.54 Å². The number of H-pyrrole nitrogens is 1. The molecule has 1 saturated heterocycles. The van der Waals surface area contributed by atoms with Crippen LogP contribution in [0.2, 0.25) is 0 Å². The van der Waals surface area contributed by atoms with E-state index in [1.165, 1.54) is 16.3 Å². The van der Waals surface area contributed by atoms with Crippen LogP contribution in [0.15, 0.2) is 46.1 Å². The van der Waals surface area contributed by atoms with Gasteiger partial charge in [-0.25, -0.2) is 4.79 Å². The Morgan fingerprint density at radius 3 is 2.73 bits per heavy atom. The molecule has 0 radical (unpaired) electrons. The summed E-state index contributed by atoms with van der Waals surface area (Å²) >= 11 is 0. The van der Waals surface area contributed by atoms with Gasteiger partial charge in [-0.1, -0.05) is 37.3 Å². The van der Waals surface area contributed by atoms with Crippen molar-refractivity contribution in [3.8, 4) is 0 Å². The predicted molar refractivity (Wildman–Crippen MR) is 98.0 cm³/mol. The Kier molecular flexibility index (Phi) is 5.70. The van der Waals surface area contributed by atoms with E-state index in [1.807, 2.05) is 32.2 Å². The smallest absolute Gasteiger partial charge is 0.330 e. The summed E-state index contributed by atoms with van der Waals surface area (Å²) in [4.78, 5) is 28.2. The summed E-state index contributed by atoms with van der Waals surface area (Å²) in [6.07, 6.45) is 0.747. The molecule has 1 fully saturated rings. The highest BCUT2D eigenvalue weighted by Crippen LogP contribution is 2.28. The summed E-state index contributed by atoms with van der Waals surface area (Å²) in [5.41, 5.74) is 0.824. The first-order valence-electron chi connectivity index (χ1n) is 8.88. The number of aryl methyl sites for hydroxylation is 1. The minimum Gasteiger partial charge on any atom is -0.390 e. The van der Waals surface area contributed by atoms with E-state index in [9.17, 15) is 14.7 Å². The molecular formula is C19H25N3O4. The van der Waals surface area contributed by atoms with Crippen LogP contribution in [0.1, 0.15) is 30.7 Å². The molecule has 3 rings (SSSR count). The van der Waals surface area contributed by atoms with Gasteiger partial charge in [0.25, 0.3) is 5.56 Å². The monoisotopic (exact) mass is 359 g/mol. The minimum atomic E-state index is -0.665. The van der Waals surface area contributed by atoms with E-state index >= 15 is 0 Å². The maximum Gasteiger partial charge on any atom is 0.330 e. The lowest BCUT2D eigenvalue weighted by molar-refractivity contribution is -0.0342. The summed E-state index contributed by atoms with van der Waals surface area (Å²) < 4.78 is 7.31. The fourth-order valence-electron chi connectivity index (χ4n) is 3.31. The molecule has 1 aromatic carbocycles. The lowest BCUT2D eigenvalue weighted by Gasteiger charge is -2.23. The van der Waals surface area contributed by atoms with Crippen molar-refractivity contribution >= 4 is 0 Å². The number of aliphatic hydroxyl groups excluding tert-OH is 1. The maximum atomic E-state index is 12.1. The van der Waals surface area contributed by atoms with Gasteiger partial charge in [0, 0.05) is 31.3 Å². The van der Waals surface area contributed by atoms with Gasteiger partial charge >= 0.3 is 5.69 Å². The quantitative estimate of drug-likeness (QED) is 0.799. The van der Waals surface area contributed by atoms with Gasteiger partial charge in [-0.05, 0) is 19.0 Å². The molecule has 2 heterocycles. The van der Waals surface area contributed by atoms with Gasteiger partial charge in [0.2, 0.25) is 0 Å². The van der Waals surface area contributed by atoms with Crippen LogP contribution in [0, 0.1) is 0 Å². The van der Waals surface area contributed by atoms with Crippen molar-refractivity contribution in [2.45, 2.75) is 44.7 Å². The average molecular weight is 359 g/mol. The fraction of sp³-hybridized carbons (Fsp3) is 0.474. The molecule has 0 bridgehead atoms. The largest absolute Gasteiger partial charge is 0.390 e. The number of aromatic amines is 1. The van der Waals surface area contributed by atoms with E-state index in [2.05, 4.69) is 22.0 Å². The first-order chi connectivity index (χ1) is 12.5. The lowest BCUT2D eigenvalue weighted by atomic mass is 10.1. The van der Waals surface area contributed by atoms with Gasteiger partial charge in [0.05, 0.1) is 12.2 Å². The molecular weight excluding hydrogens is 334 g/mol. The average Bonchev–Trinajstić information content (AvgIpc) is 2.96. The van der Waals surface area contributed by atoms with Crippen molar-refractivity contribution in [3.05, 3.63) is 68.5 Å². The maximum absolute atomic E-state index is 12.1. The third kappa shape index (κ3) is 4.12. The number of rotatable bonds is 6. The molecule has 3 atom stereocenters. The lowest BCUT2D eigenvalue weighted by Crippen LogP contribution is -2.36. The molecule has 0 spiro atoms. The van der Waals surface area contributed by atoms with E-state index < -0.39 is 24.1 Å². The third-order valence-electron chi connectivity index (χ3n) is 4.72. The third-order valence-corrected chi connectivity index (χ3v) is 4.72. The zero-order valence-electron chi connectivity index (χ0n) is 15.1. The van der Waals surface area contributed by atoms with Gasteiger partial charge < -0.3 is 9.84 Å². The van der Waals surface area contributed by atoms with Crippen molar-refractivity contribution in [2.24, 2.45) is 0 Å². The molecule has 0 saturated carbocycles. The second-order valence-electron chi connectivity index (χ2n) is 6.79. The Balaban J connectivity index is 1.68. The molecule has 0 amide bonds. The van der Waals surface area contributed by atoms with Gasteiger partial charge in [0.1, 0.15) is 6.23 Å². The molecule has 0 aliphatic carbocycles. The second kappa shape index (κ2) is 7.99. The molecule has 140 valence electrons. The molecule has 1 aliphatic rings. The normalized spacial score (nSPS) is 22.8. The van der Waals surface area contributed by atoms with E-state index in [4.69, 9.17) is 4.74 Å². The highest BCUT2D eigenvalue weighted by Gasteiger charge is 2.36. The molecule has 7 nitrogen and oxygen atoms in total. The van der Waals surface area contributed by atoms with Crippen molar-refractivity contribution in [1.29, 1.82) is 0 Å². The topological polar surface area (TPSA) is 87.6 Å². The summed E-state index contributed by atoms with van der Waals surface area (Å²) in [5, 5.41) is 10.4. The molecule has 1 unspecified atom stereocenters. The Bertz CT molecular complexity index is 846. The summed E-state index contributed by atoms with van der Waals surface area (Å²) in [6.45, 7) is 3.15. The Labute approximate surface area is 151 Å². The molecule has 1 aliphatic heterocycles.